The first kappa shape index (κ1) is 18.7. The van der Waals surface area contributed by atoms with E-state index < -0.39 is 0 Å². The molecular weight excluding hydrogens is 386 g/mol. The quantitative estimate of drug-likeness (QED) is 0.637. The number of likely N-dealkylation sites (tertiary alicyclic amines) is 1. The third-order valence-electron chi connectivity index (χ3n) is 5.92. The molecule has 5 nitrogen and oxygen atoms in total. The fraction of sp³-hybridized carbons (Fsp3) is 0.348. The van der Waals surface area contributed by atoms with Crippen molar-refractivity contribution in [2.75, 3.05) is 34.0 Å². The Morgan fingerprint density at radius 1 is 1.14 bits per heavy atom. The molecular formula is C23H24ClN3O2. The van der Waals surface area contributed by atoms with Crippen LogP contribution in [0.25, 0.3) is 22.2 Å². The van der Waals surface area contributed by atoms with E-state index in [4.69, 9.17) is 26.1 Å². The molecule has 29 heavy (non-hydrogen) atoms. The van der Waals surface area contributed by atoms with Crippen LogP contribution in [0.5, 0.6) is 11.5 Å². The van der Waals surface area contributed by atoms with E-state index in [2.05, 4.69) is 30.0 Å². The average Bonchev–Trinajstić information content (AvgIpc) is 3.35. The van der Waals surface area contributed by atoms with Gasteiger partial charge in [0.25, 0.3) is 0 Å². The molecule has 0 N–H and O–H groups in total. The minimum Gasteiger partial charge on any atom is -0.454 e. The molecule has 150 valence electrons. The maximum atomic E-state index is 6.12. The van der Waals surface area contributed by atoms with Crippen LogP contribution in [0.2, 0.25) is 5.02 Å². The maximum absolute atomic E-state index is 6.12. The molecule has 3 heterocycles. The molecule has 0 aliphatic carbocycles. The van der Waals surface area contributed by atoms with Crippen molar-refractivity contribution in [1.82, 2.24) is 14.8 Å². The summed E-state index contributed by atoms with van der Waals surface area (Å²) in [5.74, 6) is 1.54. The van der Waals surface area contributed by atoms with Crippen molar-refractivity contribution in [3.63, 3.8) is 0 Å². The molecule has 2 aliphatic rings. The van der Waals surface area contributed by atoms with Crippen LogP contribution in [0, 0.1) is 0 Å². The van der Waals surface area contributed by atoms with Gasteiger partial charge in [0, 0.05) is 41.2 Å². The number of halogens is 1. The number of ether oxygens (including phenoxy) is 2. The van der Waals surface area contributed by atoms with Gasteiger partial charge in [0.1, 0.15) is 0 Å². The Hall–Kier alpha value is -2.34. The molecule has 0 spiro atoms. The second-order valence-corrected chi connectivity index (χ2v) is 8.46. The molecule has 0 radical (unpaired) electrons. The van der Waals surface area contributed by atoms with Crippen molar-refractivity contribution in [2.45, 2.75) is 19.0 Å². The first-order chi connectivity index (χ1) is 14.1. The van der Waals surface area contributed by atoms with Crippen LogP contribution in [-0.4, -0.2) is 54.8 Å². The SMILES string of the molecule is CN1CC[C@@H](N(C)Cc2cc3cc4c(cc3nc2-c2ccc(Cl)cc2)OCO4)C1. The number of benzene rings is 2. The van der Waals surface area contributed by atoms with Gasteiger partial charge in [0.2, 0.25) is 6.79 Å². The topological polar surface area (TPSA) is 37.8 Å². The van der Waals surface area contributed by atoms with Gasteiger partial charge in [0.15, 0.2) is 11.5 Å². The molecule has 2 aromatic carbocycles. The summed E-state index contributed by atoms with van der Waals surface area (Å²) in [5.41, 5.74) is 4.18. The fourth-order valence-corrected chi connectivity index (χ4v) is 4.38. The monoisotopic (exact) mass is 409 g/mol. The van der Waals surface area contributed by atoms with E-state index >= 15 is 0 Å². The van der Waals surface area contributed by atoms with Crippen molar-refractivity contribution < 1.29 is 9.47 Å². The van der Waals surface area contributed by atoms with E-state index in [0.29, 0.717) is 6.04 Å². The number of pyridine rings is 1. The lowest BCUT2D eigenvalue weighted by atomic mass is 10.0. The molecule has 0 saturated carbocycles. The summed E-state index contributed by atoms with van der Waals surface area (Å²) in [5, 5.41) is 1.80. The predicted octanol–water partition coefficient (Wildman–Crippen LogP) is 4.42. The Bertz CT molecular complexity index is 1050. The first-order valence-electron chi connectivity index (χ1n) is 9.95. The van der Waals surface area contributed by atoms with Crippen LogP contribution < -0.4 is 9.47 Å². The van der Waals surface area contributed by atoms with Crippen LogP contribution in [0.4, 0.5) is 0 Å². The molecule has 6 heteroatoms. The van der Waals surface area contributed by atoms with Crippen LogP contribution in [-0.2, 0) is 6.54 Å². The Labute approximate surface area is 175 Å². The normalized spacial score (nSPS) is 18.8. The summed E-state index contributed by atoms with van der Waals surface area (Å²) in [6.07, 6.45) is 1.20. The lowest BCUT2D eigenvalue weighted by molar-refractivity contribution is 0.174. The minimum atomic E-state index is 0.264. The van der Waals surface area contributed by atoms with Crippen LogP contribution in [0.1, 0.15) is 12.0 Å². The van der Waals surface area contributed by atoms with E-state index in [1.165, 1.54) is 12.0 Å². The summed E-state index contributed by atoms with van der Waals surface area (Å²) in [7, 11) is 4.40. The van der Waals surface area contributed by atoms with Gasteiger partial charge in [-0.25, -0.2) is 4.98 Å². The summed E-state index contributed by atoms with van der Waals surface area (Å²) < 4.78 is 11.1. The number of nitrogens with zero attached hydrogens (tertiary/aromatic N) is 3. The molecule has 0 amide bonds. The number of hydrogen-bond acceptors (Lipinski definition) is 5. The second kappa shape index (κ2) is 7.48. The van der Waals surface area contributed by atoms with E-state index in [-0.39, 0.29) is 6.79 Å². The van der Waals surface area contributed by atoms with Crippen LogP contribution in [0.3, 0.4) is 0 Å². The Morgan fingerprint density at radius 2 is 1.90 bits per heavy atom. The third-order valence-corrected chi connectivity index (χ3v) is 6.17. The molecule has 1 fully saturated rings. The Kier molecular flexibility index (Phi) is 4.82. The highest BCUT2D eigenvalue weighted by atomic mass is 35.5. The third kappa shape index (κ3) is 3.66. The van der Waals surface area contributed by atoms with Crippen LogP contribution in [0.15, 0.2) is 42.5 Å². The lowest BCUT2D eigenvalue weighted by Gasteiger charge is -2.25. The van der Waals surface area contributed by atoms with Gasteiger partial charge < -0.3 is 14.4 Å². The summed E-state index contributed by atoms with van der Waals surface area (Å²) in [6.45, 7) is 3.36. The van der Waals surface area contributed by atoms with E-state index in [0.717, 1.165) is 58.3 Å². The van der Waals surface area contributed by atoms with Crippen LogP contribution >= 0.6 is 11.6 Å². The number of fused-ring (bicyclic) bond motifs is 2. The Balaban J connectivity index is 1.58. The van der Waals surface area contributed by atoms with Gasteiger partial charge in [-0.2, -0.15) is 0 Å². The molecule has 1 aromatic heterocycles. The van der Waals surface area contributed by atoms with Gasteiger partial charge in [-0.05, 0) is 56.9 Å². The zero-order valence-corrected chi connectivity index (χ0v) is 17.4. The molecule has 0 unspecified atom stereocenters. The van der Waals surface area contributed by atoms with E-state index in [1.54, 1.807) is 0 Å². The highest BCUT2D eigenvalue weighted by Crippen LogP contribution is 2.37. The molecule has 0 bridgehead atoms. The first-order valence-corrected chi connectivity index (χ1v) is 10.3. The highest BCUT2D eigenvalue weighted by molar-refractivity contribution is 6.30. The minimum absolute atomic E-state index is 0.264. The number of aromatic nitrogens is 1. The van der Waals surface area contributed by atoms with Crippen molar-refractivity contribution in [3.8, 4) is 22.8 Å². The largest absolute Gasteiger partial charge is 0.454 e. The predicted molar refractivity (Wildman–Crippen MR) is 116 cm³/mol. The summed E-state index contributed by atoms with van der Waals surface area (Å²) in [4.78, 5) is 9.86. The molecule has 1 saturated heterocycles. The van der Waals surface area contributed by atoms with Crippen molar-refractivity contribution in [2.24, 2.45) is 0 Å². The molecule has 5 rings (SSSR count). The number of rotatable bonds is 4. The van der Waals surface area contributed by atoms with Gasteiger partial charge in [-0.3, -0.25) is 4.90 Å². The lowest BCUT2D eigenvalue weighted by Crippen LogP contribution is -2.33. The number of likely N-dealkylation sites (N-methyl/N-ethyl adjacent to an activating group) is 2. The van der Waals surface area contributed by atoms with Crippen molar-refractivity contribution >= 4 is 22.5 Å². The molecule has 3 aromatic rings. The van der Waals surface area contributed by atoms with Crippen molar-refractivity contribution in [3.05, 3.63) is 53.1 Å². The summed E-state index contributed by atoms with van der Waals surface area (Å²) in [6, 6.07) is 14.7. The van der Waals surface area contributed by atoms with Gasteiger partial charge >= 0.3 is 0 Å². The Morgan fingerprint density at radius 3 is 2.62 bits per heavy atom. The summed E-state index contributed by atoms with van der Waals surface area (Å²) >= 11 is 6.12. The van der Waals surface area contributed by atoms with E-state index in [9.17, 15) is 0 Å². The maximum Gasteiger partial charge on any atom is 0.231 e. The van der Waals surface area contributed by atoms with Crippen molar-refractivity contribution in [1.29, 1.82) is 0 Å². The molecule has 2 aliphatic heterocycles. The molecule has 1 atom stereocenters. The zero-order valence-electron chi connectivity index (χ0n) is 16.7. The zero-order chi connectivity index (χ0) is 20.0. The number of hydrogen-bond donors (Lipinski definition) is 0. The van der Waals surface area contributed by atoms with Gasteiger partial charge in [-0.1, -0.05) is 23.7 Å². The smallest absolute Gasteiger partial charge is 0.231 e. The second-order valence-electron chi connectivity index (χ2n) is 8.02. The fourth-order valence-electron chi connectivity index (χ4n) is 4.26. The highest BCUT2D eigenvalue weighted by Gasteiger charge is 2.24. The van der Waals surface area contributed by atoms with E-state index in [1.807, 2.05) is 36.4 Å². The van der Waals surface area contributed by atoms with Gasteiger partial charge in [-0.15, -0.1) is 0 Å². The van der Waals surface area contributed by atoms with Gasteiger partial charge in [0.05, 0.1) is 11.2 Å². The standard InChI is InChI=1S/C23H24ClN3O2/c1-26-8-7-19(13-26)27(2)12-17-9-16-10-21-22(29-14-28-21)11-20(16)25-23(17)15-3-5-18(24)6-4-15/h3-6,9-11,19H,7-8,12-14H2,1-2H3/t19-/m1/s1. The average molecular weight is 410 g/mol.